The number of ether oxygens (including phenoxy) is 1. The van der Waals surface area contributed by atoms with Crippen molar-refractivity contribution in [2.45, 2.75) is 18.9 Å². The Hall–Kier alpha value is -1.56. The smallest absolute Gasteiger partial charge is 0.306 e. The summed E-state index contributed by atoms with van der Waals surface area (Å²) >= 11 is 3.31. The van der Waals surface area contributed by atoms with E-state index in [0.717, 1.165) is 4.47 Å². The van der Waals surface area contributed by atoms with Crippen LogP contribution in [0, 0.1) is 5.92 Å². The fourth-order valence-electron chi connectivity index (χ4n) is 1.89. The number of nitrogens with one attached hydrogen (secondary N) is 1. The molecule has 0 radical (unpaired) electrons. The molecule has 0 unspecified atom stereocenters. The van der Waals surface area contributed by atoms with E-state index in [0.29, 0.717) is 18.6 Å². The van der Waals surface area contributed by atoms with Crippen LogP contribution in [0.5, 0.6) is 5.75 Å². The van der Waals surface area contributed by atoms with Crippen molar-refractivity contribution in [2.24, 2.45) is 5.92 Å². The van der Waals surface area contributed by atoms with Gasteiger partial charge in [0.15, 0.2) is 6.61 Å². The zero-order valence-corrected chi connectivity index (χ0v) is 11.7. The van der Waals surface area contributed by atoms with E-state index in [4.69, 9.17) is 9.84 Å². The second kappa shape index (κ2) is 6.06. The van der Waals surface area contributed by atoms with Gasteiger partial charge in [-0.1, -0.05) is 15.9 Å². The number of hydrogen-bond acceptors (Lipinski definition) is 3. The van der Waals surface area contributed by atoms with Gasteiger partial charge in [-0.05, 0) is 37.1 Å². The van der Waals surface area contributed by atoms with Gasteiger partial charge >= 0.3 is 5.97 Å². The maximum Gasteiger partial charge on any atom is 0.306 e. The van der Waals surface area contributed by atoms with Crippen LogP contribution in [0.4, 0.5) is 0 Å². The third-order valence-electron chi connectivity index (χ3n) is 3.04. The lowest BCUT2D eigenvalue weighted by Crippen LogP contribution is -2.48. The Bertz CT molecular complexity index is 468. The maximum atomic E-state index is 11.6. The van der Waals surface area contributed by atoms with Gasteiger partial charge < -0.3 is 15.2 Å². The summed E-state index contributed by atoms with van der Waals surface area (Å²) in [5.41, 5.74) is 0. The molecule has 0 atom stereocenters. The summed E-state index contributed by atoms with van der Waals surface area (Å²) in [5, 5.41) is 11.5. The highest BCUT2D eigenvalue weighted by Gasteiger charge is 2.35. The number of carbonyl (C=O) groups excluding carboxylic acids is 1. The van der Waals surface area contributed by atoms with Gasteiger partial charge in [-0.3, -0.25) is 9.59 Å². The van der Waals surface area contributed by atoms with Gasteiger partial charge in [0, 0.05) is 10.5 Å². The van der Waals surface area contributed by atoms with Crippen molar-refractivity contribution in [3.63, 3.8) is 0 Å². The van der Waals surface area contributed by atoms with Crippen molar-refractivity contribution in [3.05, 3.63) is 28.7 Å². The Kier molecular flexibility index (Phi) is 4.42. The monoisotopic (exact) mass is 327 g/mol. The van der Waals surface area contributed by atoms with E-state index >= 15 is 0 Å². The first kappa shape index (κ1) is 13.9. The summed E-state index contributed by atoms with van der Waals surface area (Å²) in [4.78, 5) is 22.2. The van der Waals surface area contributed by atoms with Gasteiger partial charge in [-0.15, -0.1) is 0 Å². The van der Waals surface area contributed by atoms with E-state index in [1.54, 1.807) is 12.1 Å². The number of carboxylic acids is 1. The molecule has 0 aliphatic heterocycles. The van der Waals surface area contributed by atoms with Crippen LogP contribution in [0.15, 0.2) is 28.7 Å². The number of rotatable bonds is 5. The van der Waals surface area contributed by atoms with E-state index in [1.807, 2.05) is 12.1 Å². The predicted octanol–water partition coefficient (Wildman–Crippen LogP) is 1.81. The molecule has 6 heteroatoms. The Balaban J connectivity index is 1.68. The summed E-state index contributed by atoms with van der Waals surface area (Å²) in [5.74, 6) is -0.721. The lowest BCUT2D eigenvalue weighted by Gasteiger charge is -2.32. The second-order valence-corrected chi connectivity index (χ2v) is 5.43. The molecule has 1 fully saturated rings. The van der Waals surface area contributed by atoms with Crippen LogP contribution in [0.2, 0.25) is 0 Å². The average molecular weight is 328 g/mol. The Morgan fingerprint density at radius 1 is 1.32 bits per heavy atom. The van der Waals surface area contributed by atoms with Crippen molar-refractivity contribution in [2.75, 3.05) is 6.61 Å². The minimum Gasteiger partial charge on any atom is -0.484 e. The zero-order chi connectivity index (χ0) is 13.8. The summed E-state index contributed by atoms with van der Waals surface area (Å²) in [7, 11) is 0. The standard InChI is InChI=1S/C13H14BrNO4/c14-9-1-3-11(4-2-9)19-7-12(16)15-10-5-8(6-10)13(17)18/h1-4,8,10H,5-7H2,(H,15,16)(H,17,18). The number of benzene rings is 1. The number of amides is 1. The largest absolute Gasteiger partial charge is 0.484 e. The molecule has 1 amide bonds. The Morgan fingerprint density at radius 2 is 1.95 bits per heavy atom. The van der Waals surface area contributed by atoms with Gasteiger partial charge in [-0.25, -0.2) is 0 Å². The third-order valence-corrected chi connectivity index (χ3v) is 3.56. The third kappa shape index (κ3) is 3.96. The molecule has 102 valence electrons. The van der Waals surface area contributed by atoms with E-state index in [9.17, 15) is 9.59 Å². The van der Waals surface area contributed by atoms with Crippen LogP contribution < -0.4 is 10.1 Å². The molecular weight excluding hydrogens is 314 g/mol. The summed E-state index contributed by atoms with van der Waals surface area (Å²) in [6.45, 7) is -0.0597. The molecule has 2 N–H and O–H groups in total. The fraction of sp³-hybridized carbons (Fsp3) is 0.385. The average Bonchev–Trinajstić information content (AvgIpc) is 2.32. The van der Waals surface area contributed by atoms with E-state index in [2.05, 4.69) is 21.2 Å². The number of carboxylic acid groups (broad SMARTS) is 1. The Morgan fingerprint density at radius 3 is 2.53 bits per heavy atom. The van der Waals surface area contributed by atoms with Crippen LogP contribution >= 0.6 is 15.9 Å². The minimum atomic E-state index is -0.795. The molecule has 19 heavy (non-hydrogen) atoms. The molecule has 1 saturated carbocycles. The molecule has 1 aromatic carbocycles. The number of carbonyl (C=O) groups is 2. The van der Waals surface area contributed by atoms with Gasteiger partial charge in [0.1, 0.15) is 5.75 Å². The number of aliphatic carboxylic acids is 1. The molecule has 1 aliphatic rings. The second-order valence-electron chi connectivity index (χ2n) is 4.51. The molecule has 0 saturated heterocycles. The Labute approximate surface area is 119 Å². The molecule has 0 heterocycles. The molecule has 2 rings (SSSR count). The van der Waals surface area contributed by atoms with Gasteiger partial charge in [0.05, 0.1) is 5.92 Å². The van der Waals surface area contributed by atoms with Crippen LogP contribution in [0.1, 0.15) is 12.8 Å². The normalized spacial score (nSPS) is 21.3. The SMILES string of the molecule is O=C(COc1ccc(Br)cc1)NC1CC(C(=O)O)C1. The number of hydrogen-bond donors (Lipinski definition) is 2. The first-order valence-corrected chi connectivity index (χ1v) is 6.74. The van der Waals surface area contributed by atoms with Crippen LogP contribution in [-0.4, -0.2) is 29.6 Å². The van der Waals surface area contributed by atoms with Gasteiger partial charge in [0.25, 0.3) is 5.91 Å². The highest BCUT2D eigenvalue weighted by Crippen LogP contribution is 2.27. The lowest BCUT2D eigenvalue weighted by atomic mass is 9.80. The van der Waals surface area contributed by atoms with Crippen molar-refractivity contribution >= 4 is 27.8 Å². The van der Waals surface area contributed by atoms with E-state index in [-0.39, 0.29) is 24.5 Å². The number of halogens is 1. The lowest BCUT2D eigenvalue weighted by molar-refractivity contribution is -0.146. The zero-order valence-electron chi connectivity index (χ0n) is 10.1. The minimum absolute atomic E-state index is 0.0397. The van der Waals surface area contributed by atoms with E-state index in [1.165, 1.54) is 0 Å². The quantitative estimate of drug-likeness (QED) is 0.864. The highest BCUT2D eigenvalue weighted by molar-refractivity contribution is 9.10. The fourth-order valence-corrected chi connectivity index (χ4v) is 2.15. The van der Waals surface area contributed by atoms with Crippen molar-refractivity contribution in [1.29, 1.82) is 0 Å². The van der Waals surface area contributed by atoms with Gasteiger partial charge in [-0.2, -0.15) is 0 Å². The molecular formula is C13H14BrNO4. The van der Waals surface area contributed by atoms with Crippen molar-refractivity contribution in [1.82, 2.24) is 5.32 Å². The van der Waals surface area contributed by atoms with E-state index < -0.39 is 5.97 Å². The first-order valence-electron chi connectivity index (χ1n) is 5.95. The topological polar surface area (TPSA) is 75.6 Å². The molecule has 0 bridgehead atoms. The predicted molar refractivity (Wildman–Crippen MR) is 71.9 cm³/mol. The summed E-state index contributed by atoms with van der Waals surface area (Å²) in [6, 6.07) is 7.15. The molecule has 1 aliphatic carbocycles. The summed E-state index contributed by atoms with van der Waals surface area (Å²) < 4.78 is 6.26. The maximum absolute atomic E-state index is 11.6. The molecule has 5 nitrogen and oxygen atoms in total. The first-order chi connectivity index (χ1) is 9.04. The van der Waals surface area contributed by atoms with Crippen LogP contribution in [0.3, 0.4) is 0 Å². The molecule has 0 aromatic heterocycles. The van der Waals surface area contributed by atoms with Gasteiger partial charge in [0.2, 0.25) is 0 Å². The van der Waals surface area contributed by atoms with Crippen LogP contribution in [0.25, 0.3) is 0 Å². The van der Waals surface area contributed by atoms with Crippen molar-refractivity contribution in [3.8, 4) is 5.75 Å². The van der Waals surface area contributed by atoms with Crippen molar-refractivity contribution < 1.29 is 19.4 Å². The summed E-state index contributed by atoms with van der Waals surface area (Å²) in [6.07, 6.45) is 0.999. The molecule has 0 spiro atoms. The molecule has 1 aromatic rings. The highest BCUT2D eigenvalue weighted by atomic mass is 79.9. The van der Waals surface area contributed by atoms with Crippen LogP contribution in [-0.2, 0) is 9.59 Å².